The van der Waals surface area contributed by atoms with E-state index in [-0.39, 0.29) is 17.0 Å². The van der Waals surface area contributed by atoms with Crippen molar-refractivity contribution in [3.63, 3.8) is 0 Å². The molecule has 2 fully saturated rings. The number of ether oxygens (including phenoxy) is 1. The summed E-state index contributed by atoms with van der Waals surface area (Å²) in [5.74, 6) is -2.21. The number of hydrogen-bond donors (Lipinski definition) is 2. The first-order valence-corrected chi connectivity index (χ1v) is 10.7. The molecule has 8 nitrogen and oxygen atoms in total. The highest BCUT2D eigenvalue weighted by atomic mass is 19.1. The zero-order valence-corrected chi connectivity index (χ0v) is 19.1. The molecule has 3 rings (SSSR count). The van der Waals surface area contributed by atoms with Crippen LogP contribution < -0.4 is 10.6 Å². The number of anilines is 1. The SMILES string of the molecule is Cc1ccc(NC(=O)C(C)OC(=O)CN2C(=O)NC3(CC(C)CC(C)(C)C3)C2=O)cc1F. The standard InChI is InChI=1S/C23H30FN3O5/c1-13-9-22(4,5)12-23(10-13)20(30)27(21(31)26-23)11-18(28)32-15(3)19(29)25-16-7-6-14(2)17(24)8-16/h6-8,13,15H,9-12H2,1-5H3,(H,25,29)(H,26,31). The van der Waals surface area contributed by atoms with Gasteiger partial charge in [0.2, 0.25) is 0 Å². The number of halogens is 1. The fourth-order valence-corrected chi connectivity index (χ4v) is 4.98. The Labute approximate surface area is 186 Å². The van der Waals surface area contributed by atoms with Gasteiger partial charge in [0.05, 0.1) is 0 Å². The van der Waals surface area contributed by atoms with E-state index in [4.69, 9.17) is 4.74 Å². The predicted molar refractivity (Wildman–Crippen MR) is 115 cm³/mol. The Kier molecular flexibility index (Phi) is 6.31. The number of amides is 4. The van der Waals surface area contributed by atoms with Crippen LogP contribution in [0.3, 0.4) is 0 Å². The Morgan fingerprint density at radius 2 is 2.00 bits per heavy atom. The van der Waals surface area contributed by atoms with Crippen LogP contribution in [0, 0.1) is 24.1 Å². The van der Waals surface area contributed by atoms with Crippen LogP contribution in [-0.2, 0) is 19.1 Å². The molecule has 2 N–H and O–H groups in total. The van der Waals surface area contributed by atoms with Gasteiger partial charge in [0.25, 0.3) is 11.8 Å². The Morgan fingerprint density at radius 3 is 2.62 bits per heavy atom. The minimum atomic E-state index is -1.20. The van der Waals surface area contributed by atoms with Crippen molar-refractivity contribution in [3.8, 4) is 0 Å². The molecule has 0 bridgehead atoms. The summed E-state index contributed by atoms with van der Waals surface area (Å²) in [5.41, 5.74) is -0.480. The molecule has 0 aromatic heterocycles. The van der Waals surface area contributed by atoms with Crippen molar-refractivity contribution >= 4 is 29.5 Å². The summed E-state index contributed by atoms with van der Waals surface area (Å²) in [6.45, 7) is 8.52. The topological polar surface area (TPSA) is 105 Å². The van der Waals surface area contributed by atoms with Crippen LogP contribution >= 0.6 is 0 Å². The van der Waals surface area contributed by atoms with Crippen molar-refractivity contribution < 1.29 is 28.3 Å². The van der Waals surface area contributed by atoms with Gasteiger partial charge in [-0.05, 0) is 62.1 Å². The Hall–Kier alpha value is -2.97. The van der Waals surface area contributed by atoms with Crippen molar-refractivity contribution in [2.24, 2.45) is 11.3 Å². The van der Waals surface area contributed by atoms with Crippen LogP contribution in [0.5, 0.6) is 0 Å². The first kappa shape index (κ1) is 23.7. The van der Waals surface area contributed by atoms with Gasteiger partial charge in [-0.2, -0.15) is 0 Å². The Morgan fingerprint density at radius 1 is 1.31 bits per heavy atom. The molecule has 1 saturated heterocycles. The largest absolute Gasteiger partial charge is 0.451 e. The third kappa shape index (κ3) is 4.92. The third-order valence-corrected chi connectivity index (χ3v) is 6.03. The van der Waals surface area contributed by atoms with E-state index in [0.717, 1.165) is 11.3 Å². The van der Waals surface area contributed by atoms with Gasteiger partial charge < -0.3 is 15.4 Å². The molecule has 1 heterocycles. The molecule has 1 aliphatic carbocycles. The number of carbonyl (C=O) groups excluding carboxylic acids is 4. The smallest absolute Gasteiger partial charge is 0.327 e. The summed E-state index contributed by atoms with van der Waals surface area (Å²) in [7, 11) is 0. The molecule has 1 aliphatic heterocycles. The second kappa shape index (κ2) is 8.52. The maximum Gasteiger partial charge on any atom is 0.327 e. The number of urea groups is 1. The highest BCUT2D eigenvalue weighted by molar-refractivity contribution is 6.09. The van der Waals surface area contributed by atoms with Crippen LogP contribution in [0.1, 0.15) is 52.5 Å². The second-order valence-electron chi connectivity index (χ2n) is 9.84. The summed E-state index contributed by atoms with van der Waals surface area (Å²) in [5, 5.41) is 5.26. The fourth-order valence-electron chi connectivity index (χ4n) is 4.98. The minimum Gasteiger partial charge on any atom is -0.451 e. The first-order valence-electron chi connectivity index (χ1n) is 10.7. The van der Waals surface area contributed by atoms with E-state index in [2.05, 4.69) is 24.5 Å². The molecule has 174 valence electrons. The zero-order chi connectivity index (χ0) is 23.8. The van der Waals surface area contributed by atoms with E-state index < -0.39 is 47.8 Å². The number of carbonyl (C=O) groups is 4. The average Bonchev–Trinajstić information content (AvgIpc) is 2.86. The maximum absolute atomic E-state index is 13.7. The van der Waals surface area contributed by atoms with E-state index in [1.807, 2.05) is 6.92 Å². The number of rotatable bonds is 5. The number of aryl methyl sites for hydroxylation is 1. The number of nitrogens with zero attached hydrogens (tertiary/aromatic N) is 1. The van der Waals surface area contributed by atoms with Gasteiger partial charge in [0.1, 0.15) is 17.9 Å². The highest BCUT2D eigenvalue weighted by Crippen LogP contribution is 2.46. The molecule has 1 saturated carbocycles. The van der Waals surface area contributed by atoms with E-state index >= 15 is 0 Å². The van der Waals surface area contributed by atoms with Gasteiger partial charge in [0.15, 0.2) is 6.10 Å². The summed E-state index contributed by atoms with van der Waals surface area (Å²) in [6, 6.07) is 3.58. The van der Waals surface area contributed by atoms with Crippen LogP contribution in [-0.4, -0.2) is 46.9 Å². The third-order valence-electron chi connectivity index (χ3n) is 6.03. The number of hydrogen-bond acceptors (Lipinski definition) is 5. The van der Waals surface area contributed by atoms with E-state index in [9.17, 15) is 23.6 Å². The lowest BCUT2D eigenvalue weighted by molar-refractivity contribution is -0.155. The van der Waals surface area contributed by atoms with Crippen LogP contribution in [0.15, 0.2) is 18.2 Å². The van der Waals surface area contributed by atoms with Crippen molar-refractivity contribution in [3.05, 3.63) is 29.6 Å². The van der Waals surface area contributed by atoms with Crippen LogP contribution in [0.2, 0.25) is 0 Å². The fraction of sp³-hybridized carbons (Fsp3) is 0.565. The molecule has 1 spiro atoms. The summed E-state index contributed by atoms with van der Waals surface area (Å²) in [6.07, 6.45) is 0.748. The first-order chi connectivity index (χ1) is 14.8. The molecule has 9 heteroatoms. The monoisotopic (exact) mass is 447 g/mol. The van der Waals surface area contributed by atoms with Crippen molar-refractivity contribution in [1.82, 2.24) is 10.2 Å². The molecule has 1 aromatic carbocycles. The number of nitrogens with one attached hydrogen (secondary N) is 2. The number of benzene rings is 1. The predicted octanol–water partition coefficient (Wildman–Crippen LogP) is 3.14. The molecule has 32 heavy (non-hydrogen) atoms. The zero-order valence-electron chi connectivity index (χ0n) is 19.1. The molecule has 3 atom stereocenters. The molecule has 3 unspecified atom stereocenters. The van der Waals surface area contributed by atoms with Gasteiger partial charge in [-0.1, -0.05) is 26.8 Å². The quantitative estimate of drug-likeness (QED) is 0.533. The van der Waals surface area contributed by atoms with Crippen molar-refractivity contribution in [2.75, 3.05) is 11.9 Å². The molecule has 4 amide bonds. The maximum atomic E-state index is 13.7. The lowest BCUT2D eigenvalue weighted by Crippen LogP contribution is -2.54. The lowest BCUT2D eigenvalue weighted by atomic mass is 9.64. The summed E-state index contributed by atoms with van der Waals surface area (Å²) in [4.78, 5) is 51.1. The summed E-state index contributed by atoms with van der Waals surface area (Å²) >= 11 is 0. The Bertz CT molecular complexity index is 963. The normalized spacial score (nSPS) is 25.4. The number of esters is 1. The number of imide groups is 1. The summed E-state index contributed by atoms with van der Waals surface area (Å²) < 4.78 is 18.8. The van der Waals surface area contributed by atoms with Gasteiger partial charge in [-0.25, -0.2) is 9.18 Å². The van der Waals surface area contributed by atoms with E-state index in [0.29, 0.717) is 18.4 Å². The van der Waals surface area contributed by atoms with Crippen LogP contribution in [0.4, 0.5) is 14.9 Å². The molecular formula is C23H30FN3O5. The van der Waals surface area contributed by atoms with Gasteiger partial charge in [0, 0.05) is 5.69 Å². The van der Waals surface area contributed by atoms with Crippen molar-refractivity contribution in [2.45, 2.75) is 65.5 Å². The molecular weight excluding hydrogens is 417 g/mol. The Balaban J connectivity index is 1.60. The van der Waals surface area contributed by atoms with Crippen LogP contribution in [0.25, 0.3) is 0 Å². The van der Waals surface area contributed by atoms with E-state index in [1.165, 1.54) is 25.1 Å². The second-order valence-corrected chi connectivity index (χ2v) is 9.84. The van der Waals surface area contributed by atoms with Gasteiger partial charge >= 0.3 is 12.0 Å². The molecule has 0 radical (unpaired) electrons. The molecule has 2 aliphatic rings. The lowest BCUT2D eigenvalue weighted by Gasteiger charge is -2.43. The van der Waals surface area contributed by atoms with Crippen molar-refractivity contribution in [1.29, 1.82) is 0 Å². The highest BCUT2D eigenvalue weighted by Gasteiger charge is 2.56. The van der Waals surface area contributed by atoms with E-state index in [1.54, 1.807) is 6.92 Å². The van der Waals surface area contributed by atoms with Gasteiger partial charge in [-0.3, -0.25) is 19.3 Å². The van der Waals surface area contributed by atoms with Gasteiger partial charge in [-0.15, -0.1) is 0 Å². The minimum absolute atomic E-state index is 0.126. The average molecular weight is 448 g/mol. The molecule has 1 aromatic rings.